The minimum absolute atomic E-state index is 0.176. The smallest absolute Gasteiger partial charge is 0.330 e. The Kier molecular flexibility index (Phi) is 2.55. The quantitative estimate of drug-likeness (QED) is 0.601. The molecule has 1 amide bonds. The molecular formula is C8H12N2O3. The molecule has 0 saturated carbocycles. The van der Waals surface area contributed by atoms with Crippen LogP contribution in [-0.2, 0) is 9.59 Å². The third-order valence-electron chi connectivity index (χ3n) is 1.71. The normalized spacial score (nSPS) is 24.6. The topological polar surface area (TPSA) is 69.6 Å². The lowest BCUT2D eigenvalue weighted by Gasteiger charge is -2.10. The maximum absolute atomic E-state index is 10.9. The Bertz CT molecular complexity index is 271. The van der Waals surface area contributed by atoms with Gasteiger partial charge in [0.25, 0.3) is 0 Å². The average molecular weight is 184 g/mol. The van der Waals surface area contributed by atoms with Crippen LogP contribution in [0.25, 0.3) is 0 Å². The lowest BCUT2D eigenvalue weighted by molar-refractivity contribution is -0.139. The number of aliphatic carboxylic acids is 1. The molecule has 0 bridgehead atoms. The highest BCUT2D eigenvalue weighted by Gasteiger charge is 2.32. The van der Waals surface area contributed by atoms with E-state index in [1.165, 1.54) is 0 Å². The van der Waals surface area contributed by atoms with Gasteiger partial charge in [0.05, 0.1) is 6.42 Å². The molecule has 1 heterocycles. The third-order valence-corrected chi connectivity index (χ3v) is 1.71. The van der Waals surface area contributed by atoms with Crippen molar-refractivity contribution in [3.05, 3.63) is 11.8 Å². The van der Waals surface area contributed by atoms with Crippen LogP contribution in [0, 0.1) is 0 Å². The van der Waals surface area contributed by atoms with Gasteiger partial charge in [-0.3, -0.25) is 4.79 Å². The molecule has 0 aromatic heterocycles. The van der Waals surface area contributed by atoms with Gasteiger partial charge in [0.2, 0.25) is 5.91 Å². The molecule has 0 aromatic rings. The van der Waals surface area contributed by atoms with Crippen LogP contribution in [0.4, 0.5) is 0 Å². The van der Waals surface area contributed by atoms with Crippen LogP contribution in [-0.4, -0.2) is 42.0 Å². The molecule has 0 radical (unpaired) electrons. The van der Waals surface area contributed by atoms with Gasteiger partial charge >= 0.3 is 5.97 Å². The van der Waals surface area contributed by atoms with Crippen molar-refractivity contribution in [1.29, 1.82) is 0 Å². The highest BCUT2D eigenvalue weighted by atomic mass is 16.4. The third kappa shape index (κ3) is 2.21. The second-order valence-corrected chi connectivity index (χ2v) is 3.18. The molecule has 1 aliphatic heterocycles. The maximum Gasteiger partial charge on any atom is 0.330 e. The van der Waals surface area contributed by atoms with Gasteiger partial charge in [0.15, 0.2) is 6.04 Å². The molecule has 1 aliphatic rings. The number of carbonyl (C=O) groups excluding carboxylic acids is 1. The van der Waals surface area contributed by atoms with E-state index in [-0.39, 0.29) is 12.3 Å². The molecule has 72 valence electrons. The first-order chi connectivity index (χ1) is 6.00. The van der Waals surface area contributed by atoms with E-state index in [0.717, 1.165) is 0 Å². The van der Waals surface area contributed by atoms with E-state index < -0.39 is 12.0 Å². The average Bonchev–Trinajstić information content (AvgIpc) is 2.29. The fourth-order valence-corrected chi connectivity index (χ4v) is 1.26. The fourth-order valence-electron chi connectivity index (χ4n) is 1.26. The molecule has 2 N–H and O–H groups in total. The lowest BCUT2D eigenvalue weighted by atomic mass is 10.1. The molecule has 1 unspecified atom stereocenters. The minimum atomic E-state index is -1.01. The number of hydrogen-bond donors (Lipinski definition) is 2. The summed E-state index contributed by atoms with van der Waals surface area (Å²) in [7, 11) is 3.57. The SMILES string of the molecule is CN(C)C=C1CC(=O)NC1C(=O)O. The molecular weight excluding hydrogens is 172 g/mol. The van der Waals surface area contributed by atoms with Gasteiger partial charge in [-0.1, -0.05) is 0 Å². The van der Waals surface area contributed by atoms with Crippen molar-refractivity contribution in [2.24, 2.45) is 0 Å². The molecule has 0 aliphatic carbocycles. The summed E-state index contributed by atoms with van der Waals surface area (Å²) >= 11 is 0. The summed E-state index contributed by atoms with van der Waals surface area (Å²) in [6.07, 6.45) is 1.84. The van der Waals surface area contributed by atoms with Crippen LogP contribution in [0.2, 0.25) is 0 Å². The Hall–Kier alpha value is -1.52. The highest BCUT2D eigenvalue weighted by Crippen LogP contribution is 2.15. The van der Waals surface area contributed by atoms with Crippen molar-refractivity contribution < 1.29 is 14.7 Å². The van der Waals surface area contributed by atoms with Gasteiger partial charge in [0, 0.05) is 20.3 Å². The largest absolute Gasteiger partial charge is 0.479 e. The van der Waals surface area contributed by atoms with Gasteiger partial charge in [-0.15, -0.1) is 0 Å². The van der Waals surface area contributed by atoms with Crippen molar-refractivity contribution in [2.75, 3.05) is 14.1 Å². The number of rotatable bonds is 2. The number of amides is 1. The van der Waals surface area contributed by atoms with Gasteiger partial charge in [-0.05, 0) is 5.57 Å². The Morgan fingerprint density at radius 1 is 1.69 bits per heavy atom. The van der Waals surface area contributed by atoms with Gasteiger partial charge in [-0.2, -0.15) is 0 Å². The summed E-state index contributed by atoms with van der Waals surface area (Å²) in [4.78, 5) is 23.3. The van der Waals surface area contributed by atoms with Crippen LogP contribution in [0.5, 0.6) is 0 Å². The zero-order chi connectivity index (χ0) is 10.0. The maximum atomic E-state index is 10.9. The zero-order valence-electron chi connectivity index (χ0n) is 7.57. The van der Waals surface area contributed by atoms with E-state index in [9.17, 15) is 9.59 Å². The molecule has 1 atom stereocenters. The van der Waals surface area contributed by atoms with Crippen molar-refractivity contribution in [3.63, 3.8) is 0 Å². The van der Waals surface area contributed by atoms with Gasteiger partial charge in [0.1, 0.15) is 0 Å². The Morgan fingerprint density at radius 3 is 2.77 bits per heavy atom. The van der Waals surface area contributed by atoms with E-state index >= 15 is 0 Å². The number of carboxylic acids is 1. The Balaban J connectivity index is 2.83. The predicted molar refractivity (Wildman–Crippen MR) is 46.0 cm³/mol. The summed E-state index contributed by atoms with van der Waals surface area (Å²) in [6, 6.07) is -0.852. The van der Waals surface area contributed by atoms with E-state index in [4.69, 9.17) is 5.11 Å². The Morgan fingerprint density at radius 2 is 2.31 bits per heavy atom. The van der Waals surface area contributed by atoms with Gasteiger partial charge < -0.3 is 15.3 Å². The molecule has 0 spiro atoms. The van der Waals surface area contributed by atoms with Crippen LogP contribution in [0.3, 0.4) is 0 Å². The van der Waals surface area contributed by atoms with E-state index in [0.29, 0.717) is 5.57 Å². The first kappa shape index (κ1) is 9.57. The van der Waals surface area contributed by atoms with Crippen LogP contribution >= 0.6 is 0 Å². The second-order valence-electron chi connectivity index (χ2n) is 3.18. The van der Waals surface area contributed by atoms with E-state index in [1.807, 2.05) is 0 Å². The van der Waals surface area contributed by atoms with E-state index in [1.54, 1.807) is 25.2 Å². The molecule has 5 heteroatoms. The van der Waals surface area contributed by atoms with Crippen LogP contribution in [0.1, 0.15) is 6.42 Å². The lowest BCUT2D eigenvalue weighted by Crippen LogP contribution is -2.34. The first-order valence-electron chi connectivity index (χ1n) is 3.90. The number of carboxylic acid groups (broad SMARTS) is 1. The molecule has 5 nitrogen and oxygen atoms in total. The summed E-state index contributed by atoms with van der Waals surface area (Å²) in [6.45, 7) is 0. The number of nitrogens with zero attached hydrogens (tertiary/aromatic N) is 1. The fraction of sp³-hybridized carbons (Fsp3) is 0.500. The van der Waals surface area contributed by atoms with Crippen LogP contribution < -0.4 is 5.32 Å². The molecule has 1 fully saturated rings. The monoisotopic (exact) mass is 184 g/mol. The second kappa shape index (κ2) is 3.47. The highest BCUT2D eigenvalue weighted by molar-refractivity contribution is 5.92. The van der Waals surface area contributed by atoms with Crippen molar-refractivity contribution >= 4 is 11.9 Å². The summed E-state index contributed by atoms with van der Waals surface area (Å²) in [5, 5.41) is 11.1. The van der Waals surface area contributed by atoms with Gasteiger partial charge in [-0.25, -0.2) is 4.79 Å². The molecule has 1 rings (SSSR count). The van der Waals surface area contributed by atoms with Crippen molar-refractivity contribution in [3.8, 4) is 0 Å². The number of carbonyl (C=O) groups is 2. The standard InChI is InChI=1S/C8H12N2O3/c1-10(2)4-5-3-6(11)9-7(5)8(12)13/h4,7H,3H2,1-2H3,(H,9,11)(H,12,13). The Labute approximate surface area is 76.0 Å². The summed E-state index contributed by atoms with van der Waals surface area (Å²) in [5.41, 5.74) is 0.600. The van der Waals surface area contributed by atoms with Crippen molar-refractivity contribution in [2.45, 2.75) is 12.5 Å². The molecule has 13 heavy (non-hydrogen) atoms. The number of nitrogens with one attached hydrogen (secondary N) is 1. The zero-order valence-corrected chi connectivity index (χ0v) is 7.57. The van der Waals surface area contributed by atoms with Crippen LogP contribution in [0.15, 0.2) is 11.8 Å². The molecule has 0 aromatic carbocycles. The molecule has 1 saturated heterocycles. The minimum Gasteiger partial charge on any atom is -0.479 e. The van der Waals surface area contributed by atoms with E-state index in [2.05, 4.69) is 5.32 Å². The first-order valence-corrected chi connectivity index (χ1v) is 3.90. The summed E-state index contributed by atoms with van der Waals surface area (Å²) in [5.74, 6) is -1.25. The van der Waals surface area contributed by atoms with Crippen molar-refractivity contribution in [1.82, 2.24) is 10.2 Å². The number of hydrogen-bond acceptors (Lipinski definition) is 3. The summed E-state index contributed by atoms with van der Waals surface area (Å²) < 4.78 is 0. The predicted octanol–water partition coefficient (Wildman–Crippen LogP) is -0.595.